The second-order valence-corrected chi connectivity index (χ2v) is 6.13. The smallest absolute Gasteiger partial charge is 0.352 e. The lowest BCUT2D eigenvalue weighted by Gasteiger charge is -2.17. The van der Waals surface area contributed by atoms with E-state index >= 15 is 0 Å². The number of pyridine rings is 1. The van der Waals surface area contributed by atoms with E-state index in [1.807, 2.05) is 0 Å². The molecule has 0 aliphatic rings. The van der Waals surface area contributed by atoms with Gasteiger partial charge in [-0.05, 0) is 18.2 Å². The maximum atomic E-state index is 12.4. The van der Waals surface area contributed by atoms with Gasteiger partial charge in [-0.15, -0.1) is 0 Å². The lowest BCUT2D eigenvalue weighted by molar-refractivity contribution is 0.0686. The normalized spacial score (nSPS) is 11.3. The number of rotatable bonds is 4. The number of carbonyl (C=O) groups is 1. The summed E-state index contributed by atoms with van der Waals surface area (Å²) in [6.07, 6.45) is 4.22. The molecule has 106 valence electrons. The van der Waals surface area contributed by atoms with E-state index in [4.69, 9.17) is 5.11 Å². The molecule has 0 aliphatic heterocycles. The van der Waals surface area contributed by atoms with Crippen molar-refractivity contribution in [1.29, 1.82) is 0 Å². The molecule has 20 heavy (non-hydrogen) atoms. The van der Waals surface area contributed by atoms with Crippen molar-refractivity contribution in [3.8, 4) is 0 Å². The molecule has 0 aromatic carbocycles. The van der Waals surface area contributed by atoms with Gasteiger partial charge >= 0.3 is 5.97 Å². The third-order valence-corrected chi connectivity index (χ3v) is 4.62. The molecule has 0 spiro atoms. The van der Waals surface area contributed by atoms with E-state index in [1.165, 1.54) is 37.3 Å². The predicted molar refractivity (Wildman–Crippen MR) is 72.2 cm³/mol. The van der Waals surface area contributed by atoms with Gasteiger partial charge in [-0.25, -0.2) is 13.2 Å². The second kappa shape index (κ2) is 4.97. The largest absolute Gasteiger partial charge is 0.477 e. The van der Waals surface area contributed by atoms with E-state index in [2.05, 4.69) is 4.98 Å². The number of anilines is 1. The topological polar surface area (TPSA) is 92.5 Å². The number of nitrogens with zero attached hydrogens (tertiary/aromatic N) is 3. The average molecular weight is 295 g/mol. The summed E-state index contributed by atoms with van der Waals surface area (Å²) in [5, 5.41) is 8.96. The van der Waals surface area contributed by atoms with Gasteiger partial charge in [0.15, 0.2) is 0 Å². The van der Waals surface area contributed by atoms with Crippen LogP contribution >= 0.6 is 0 Å². The minimum absolute atomic E-state index is 0.0799. The highest BCUT2D eigenvalue weighted by molar-refractivity contribution is 7.92. The number of sulfonamides is 1. The fourth-order valence-corrected chi connectivity index (χ4v) is 2.98. The number of aryl methyl sites for hydroxylation is 1. The predicted octanol–water partition coefficient (Wildman–Crippen LogP) is 0.943. The minimum Gasteiger partial charge on any atom is -0.477 e. The Balaban J connectivity index is 2.46. The molecule has 0 unspecified atom stereocenters. The molecular formula is C12H13N3O4S. The van der Waals surface area contributed by atoms with Gasteiger partial charge in [0, 0.05) is 26.5 Å². The maximum Gasteiger partial charge on any atom is 0.352 e. The van der Waals surface area contributed by atoms with E-state index in [-0.39, 0.29) is 10.6 Å². The van der Waals surface area contributed by atoms with Crippen LogP contribution in [0.5, 0.6) is 0 Å². The van der Waals surface area contributed by atoms with Crippen LogP contribution in [0.25, 0.3) is 0 Å². The molecule has 7 nitrogen and oxygen atoms in total. The summed E-state index contributed by atoms with van der Waals surface area (Å²) in [5.41, 5.74) is 0.302. The molecule has 0 radical (unpaired) electrons. The Labute approximate surface area is 116 Å². The highest BCUT2D eigenvalue weighted by Gasteiger charge is 2.25. The highest BCUT2D eigenvalue weighted by Crippen LogP contribution is 2.22. The number of aromatic nitrogens is 2. The number of carboxylic acids is 1. The van der Waals surface area contributed by atoms with Gasteiger partial charge in [-0.3, -0.25) is 9.29 Å². The van der Waals surface area contributed by atoms with E-state index in [0.717, 1.165) is 10.4 Å². The molecule has 1 N–H and O–H groups in total. The fourth-order valence-electron chi connectivity index (χ4n) is 1.72. The van der Waals surface area contributed by atoms with E-state index < -0.39 is 16.0 Å². The molecule has 8 heteroatoms. The summed E-state index contributed by atoms with van der Waals surface area (Å²) in [5.74, 6) is -1.18. The van der Waals surface area contributed by atoms with Crippen molar-refractivity contribution in [1.82, 2.24) is 9.55 Å². The van der Waals surface area contributed by atoms with Crippen LogP contribution in [0.4, 0.5) is 5.69 Å². The van der Waals surface area contributed by atoms with Crippen molar-refractivity contribution in [3.05, 3.63) is 42.5 Å². The van der Waals surface area contributed by atoms with Crippen LogP contribution in [0.2, 0.25) is 0 Å². The number of aromatic carboxylic acids is 1. The van der Waals surface area contributed by atoms with Crippen molar-refractivity contribution in [2.24, 2.45) is 7.05 Å². The lowest BCUT2D eigenvalue weighted by atomic mass is 10.4. The minimum atomic E-state index is -3.82. The number of carboxylic acid groups (broad SMARTS) is 1. The van der Waals surface area contributed by atoms with Gasteiger partial charge in [-0.1, -0.05) is 0 Å². The zero-order chi connectivity index (χ0) is 14.9. The zero-order valence-electron chi connectivity index (χ0n) is 10.9. The molecule has 2 rings (SSSR count). The van der Waals surface area contributed by atoms with Crippen LogP contribution in [-0.4, -0.2) is 36.1 Å². The summed E-state index contributed by atoms with van der Waals surface area (Å²) >= 11 is 0. The first kappa shape index (κ1) is 14.1. The van der Waals surface area contributed by atoms with Gasteiger partial charge < -0.3 is 9.67 Å². The molecule has 0 bridgehead atoms. The monoisotopic (exact) mass is 295 g/mol. The Morgan fingerprint density at radius 3 is 2.65 bits per heavy atom. The number of hydrogen-bond acceptors (Lipinski definition) is 4. The summed E-state index contributed by atoms with van der Waals surface area (Å²) in [4.78, 5) is 14.7. The Kier molecular flexibility index (Phi) is 3.49. The van der Waals surface area contributed by atoms with Crippen LogP contribution in [0.1, 0.15) is 10.5 Å². The summed E-state index contributed by atoms with van der Waals surface area (Å²) in [6, 6.07) is 4.35. The Morgan fingerprint density at radius 1 is 1.45 bits per heavy atom. The first-order valence-electron chi connectivity index (χ1n) is 5.62. The molecule has 2 heterocycles. The van der Waals surface area contributed by atoms with Gasteiger partial charge in [0.2, 0.25) is 0 Å². The van der Waals surface area contributed by atoms with Crippen molar-refractivity contribution >= 4 is 21.7 Å². The first-order chi connectivity index (χ1) is 9.34. The Morgan fingerprint density at radius 2 is 2.15 bits per heavy atom. The van der Waals surface area contributed by atoms with Crippen LogP contribution < -0.4 is 4.31 Å². The second-order valence-electron chi connectivity index (χ2n) is 4.16. The third kappa shape index (κ3) is 2.37. The molecule has 0 aliphatic carbocycles. The van der Waals surface area contributed by atoms with Crippen LogP contribution in [-0.2, 0) is 17.1 Å². The third-order valence-electron chi connectivity index (χ3n) is 2.87. The SMILES string of the molecule is CN(c1cccnc1)S(=O)(=O)c1cc(C(=O)O)n(C)c1. The quantitative estimate of drug-likeness (QED) is 0.906. The van der Waals surface area contributed by atoms with Gasteiger partial charge in [-0.2, -0.15) is 0 Å². The summed E-state index contributed by atoms with van der Waals surface area (Å²) in [7, 11) is -0.951. The van der Waals surface area contributed by atoms with E-state index in [0.29, 0.717) is 5.69 Å². The number of hydrogen-bond donors (Lipinski definition) is 1. The average Bonchev–Trinajstić information content (AvgIpc) is 2.82. The van der Waals surface area contributed by atoms with Gasteiger partial charge in [0.1, 0.15) is 10.6 Å². The first-order valence-corrected chi connectivity index (χ1v) is 7.06. The molecule has 0 fully saturated rings. The van der Waals surface area contributed by atoms with Gasteiger partial charge in [0.25, 0.3) is 10.0 Å². The molecule has 0 atom stereocenters. The van der Waals surface area contributed by atoms with Gasteiger partial charge in [0.05, 0.1) is 11.9 Å². The van der Waals surface area contributed by atoms with Crippen LogP contribution in [0, 0.1) is 0 Å². The van der Waals surface area contributed by atoms with Crippen LogP contribution in [0.3, 0.4) is 0 Å². The van der Waals surface area contributed by atoms with Crippen molar-refractivity contribution in [2.75, 3.05) is 11.4 Å². The standard InChI is InChI=1S/C12H13N3O4S/c1-14-8-10(6-11(14)12(16)17)20(18,19)15(2)9-4-3-5-13-7-9/h3-8H,1-2H3,(H,16,17). The molecular weight excluding hydrogens is 282 g/mol. The zero-order valence-corrected chi connectivity index (χ0v) is 11.7. The highest BCUT2D eigenvalue weighted by atomic mass is 32.2. The summed E-state index contributed by atoms with van der Waals surface area (Å²) in [6.45, 7) is 0. The maximum absolute atomic E-state index is 12.4. The fraction of sp³-hybridized carbons (Fsp3) is 0.167. The molecule has 0 saturated carbocycles. The van der Waals surface area contributed by atoms with Crippen molar-refractivity contribution < 1.29 is 18.3 Å². The molecule has 2 aromatic rings. The van der Waals surface area contributed by atoms with E-state index in [1.54, 1.807) is 12.1 Å². The Bertz CT molecular complexity index is 737. The van der Waals surface area contributed by atoms with E-state index in [9.17, 15) is 13.2 Å². The van der Waals surface area contributed by atoms with Crippen molar-refractivity contribution in [3.63, 3.8) is 0 Å². The lowest BCUT2D eigenvalue weighted by Crippen LogP contribution is -2.26. The molecule has 2 aromatic heterocycles. The molecule has 0 saturated heterocycles. The molecule has 0 amide bonds. The summed E-state index contributed by atoms with van der Waals surface area (Å²) < 4.78 is 27.1. The van der Waals surface area contributed by atoms with Crippen molar-refractivity contribution in [2.45, 2.75) is 4.90 Å². The van der Waals surface area contributed by atoms with Crippen LogP contribution in [0.15, 0.2) is 41.7 Å². The Hall–Kier alpha value is -2.35.